The molecule has 20 heavy (non-hydrogen) atoms. The summed E-state index contributed by atoms with van der Waals surface area (Å²) in [6.07, 6.45) is 0.366. The lowest BCUT2D eigenvalue weighted by Crippen LogP contribution is -2.64. The van der Waals surface area contributed by atoms with Crippen molar-refractivity contribution >= 4 is 23.8 Å². The zero-order valence-electron chi connectivity index (χ0n) is 11.2. The Labute approximate surface area is 115 Å². The molecule has 1 heterocycles. The van der Waals surface area contributed by atoms with Gasteiger partial charge in [0.25, 0.3) is 0 Å². The molecule has 1 fully saturated rings. The number of urea groups is 1. The molecule has 0 radical (unpaired) electrons. The molecule has 1 aliphatic rings. The van der Waals surface area contributed by atoms with Gasteiger partial charge in [-0.25, -0.2) is 4.79 Å². The highest BCUT2D eigenvalue weighted by molar-refractivity contribution is 6.19. The van der Waals surface area contributed by atoms with E-state index in [1.165, 1.54) is 6.07 Å². The standard InChI is InChI=1S/C12H15N3O5/c1-3-12(4-2)9(18)14-11(20)15(10(12)19)6-7(5-13)8(16)17/h7H,3-4,6H2,1-2H3,(H,16,17)(H,14,18,20). The van der Waals surface area contributed by atoms with Gasteiger partial charge in [0.05, 0.1) is 12.6 Å². The van der Waals surface area contributed by atoms with E-state index in [4.69, 9.17) is 10.4 Å². The van der Waals surface area contributed by atoms with E-state index in [1.807, 2.05) is 5.32 Å². The van der Waals surface area contributed by atoms with Crippen LogP contribution in [0.5, 0.6) is 0 Å². The fourth-order valence-corrected chi connectivity index (χ4v) is 2.13. The fraction of sp³-hybridized carbons (Fsp3) is 0.583. The van der Waals surface area contributed by atoms with E-state index < -0.39 is 41.7 Å². The summed E-state index contributed by atoms with van der Waals surface area (Å²) in [7, 11) is 0. The Morgan fingerprint density at radius 1 is 1.40 bits per heavy atom. The van der Waals surface area contributed by atoms with Gasteiger partial charge in [-0.05, 0) is 12.8 Å². The number of nitrogens with one attached hydrogen (secondary N) is 1. The second-order valence-corrected chi connectivity index (χ2v) is 4.48. The number of hydrogen-bond acceptors (Lipinski definition) is 5. The normalized spacial score (nSPS) is 19.2. The summed E-state index contributed by atoms with van der Waals surface area (Å²) >= 11 is 0. The van der Waals surface area contributed by atoms with E-state index >= 15 is 0 Å². The maximum Gasteiger partial charge on any atom is 0.330 e. The van der Waals surface area contributed by atoms with Crippen LogP contribution in [0.15, 0.2) is 0 Å². The van der Waals surface area contributed by atoms with Crippen LogP contribution in [0.2, 0.25) is 0 Å². The minimum Gasteiger partial charge on any atom is -0.480 e. The quantitative estimate of drug-likeness (QED) is 0.687. The number of rotatable bonds is 5. The Morgan fingerprint density at radius 2 is 1.95 bits per heavy atom. The molecule has 0 aromatic carbocycles. The van der Waals surface area contributed by atoms with Gasteiger partial charge in [-0.15, -0.1) is 0 Å². The number of carbonyl (C=O) groups is 4. The molecule has 1 atom stereocenters. The lowest BCUT2D eigenvalue weighted by atomic mass is 9.78. The number of imide groups is 2. The summed E-state index contributed by atoms with van der Waals surface area (Å²) in [6.45, 7) is 2.69. The summed E-state index contributed by atoms with van der Waals surface area (Å²) in [5.74, 6) is -4.39. The summed E-state index contributed by atoms with van der Waals surface area (Å²) in [6, 6.07) is 0.519. The molecule has 0 aromatic rings. The zero-order chi connectivity index (χ0) is 15.5. The van der Waals surface area contributed by atoms with Crippen LogP contribution in [0.3, 0.4) is 0 Å². The van der Waals surface area contributed by atoms with Crippen LogP contribution in [0.25, 0.3) is 0 Å². The van der Waals surface area contributed by atoms with Crippen LogP contribution in [0.4, 0.5) is 4.79 Å². The van der Waals surface area contributed by atoms with E-state index in [1.54, 1.807) is 13.8 Å². The fourth-order valence-electron chi connectivity index (χ4n) is 2.13. The third-order valence-corrected chi connectivity index (χ3v) is 3.58. The smallest absolute Gasteiger partial charge is 0.330 e. The summed E-state index contributed by atoms with van der Waals surface area (Å²) in [5.41, 5.74) is -1.38. The van der Waals surface area contributed by atoms with Gasteiger partial charge in [0, 0.05) is 0 Å². The summed E-state index contributed by atoms with van der Waals surface area (Å²) in [4.78, 5) is 47.4. The SMILES string of the molecule is CCC1(CC)C(=O)NC(=O)N(CC(C#N)C(=O)O)C1=O. The van der Waals surface area contributed by atoms with Crippen molar-refractivity contribution in [1.82, 2.24) is 10.2 Å². The highest BCUT2D eigenvalue weighted by atomic mass is 16.4. The summed E-state index contributed by atoms with van der Waals surface area (Å²) < 4.78 is 0. The molecule has 0 spiro atoms. The average Bonchev–Trinajstić information content (AvgIpc) is 2.39. The zero-order valence-corrected chi connectivity index (χ0v) is 11.2. The van der Waals surface area contributed by atoms with Gasteiger partial charge < -0.3 is 5.11 Å². The van der Waals surface area contributed by atoms with Crippen LogP contribution in [-0.2, 0) is 14.4 Å². The number of hydrogen-bond donors (Lipinski definition) is 2. The first-order chi connectivity index (χ1) is 9.33. The first kappa shape index (κ1) is 15.6. The van der Waals surface area contributed by atoms with Crippen molar-refractivity contribution in [3.8, 4) is 6.07 Å². The van der Waals surface area contributed by atoms with Gasteiger partial charge in [-0.2, -0.15) is 5.26 Å². The average molecular weight is 281 g/mol. The van der Waals surface area contributed by atoms with Gasteiger partial charge in [0.2, 0.25) is 11.8 Å². The lowest BCUT2D eigenvalue weighted by molar-refractivity contribution is -0.152. The van der Waals surface area contributed by atoms with Gasteiger partial charge in [-0.1, -0.05) is 13.8 Å². The van der Waals surface area contributed by atoms with Crippen LogP contribution < -0.4 is 5.32 Å². The first-order valence-corrected chi connectivity index (χ1v) is 6.13. The highest BCUT2D eigenvalue weighted by Gasteiger charge is 2.52. The van der Waals surface area contributed by atoms with Crippen molar-refractivity contribution in [2.45, 2.75) is 26.7 Å². The Hall–Kier alpha value is -2.43. The Kier molecular flexibility index (Phi) is 4.45. The molecule has 1 saturated heterocycles. The van der Waals surface area contributed by atoms with Crippen molar-refractivity contribution in [3.63, 3.8) is 0 Å². The Balaban J connectivity index is 3.11. The second kappa shape index (κ2) is 5.69. The number of barbiturate groups is 1. The maximum atomic E-state index is 12.3. The third-order valence-electron chi connectivity index (χ3n) is 3.58. The minimum atomic E-state index is -1.52. The van der Waals surface area contributed by atoms with Crippen LogP contribution in [0.1, 0.15) is 26.7 Å². The largest absolute Gasteiger partial charge is 0.480 e. The van der Waals surface area contributed by atoms with Gasteiger partial charge in [0.15, 0.2) is 5.92 Å². The molecule has 8 heteroatoms. The van der Waals surface area contributed by atoms with Crippen LogP contribution in [-0.4, -0.2) is 40.4 Å². The molecule has 0 saturated carbocycles. The van der Waals surface area contributed by atoms with Gasteiger partial charge >= 0.3 is 12.0 Å². The van der Waals surface area contributed by atoms with Crippen LogP contribution in [0, 0.1) is 22.7 Å². The van der Waals surface area contributed by atoms with Crippen LogP contribution >= 0.6 is 0 Å². The Bertz CT molecular complexity index is 504. The molecule has 1 unspecified atom stereocenters. The topological polar surface area (TPSA) is 128 Å². The van der Waals surface area contributed by atoms with Crippen molar-refractivity contribution in [1.29, 1.82) is 5.26 Å². The molecular weight excluding hydrogens is 266 g/mol. The van der Waals surface area contributed by atoms with Crippen molar-refractivity contribution < 1.29 is 24.3 Å². The molecular formula is C12H15N3O5. The van der Waals surface area contributed by atoms with Crippen molar-refractivity contribution in [3.05, 3.63) is 0 Å². The molecule has 108 valence electrons. The first-order valence-electron chi connectivity index (χ1n) is 6.13. The molecule has 8 nitrogen and oxygen atoms in total. The van der Waals surface area contributed by atoms with E-state index in [-0.39, 0.29) is 12.8 Å². The van der Waals surface area contributed by atoms with E-state index in [0.717, 1.165) is 0 Å². The van der Waals surface area contributed by atoms with E-state index in [9.17, 15) is 19.2 Å². The van der Waals surface area contributed by atoms with Crippen molar-refractivity contribution in [2.24, 2.45) is 11.3 Å². The number of nitrogens with zero attached hydrogens (tertiary/aromatic N) is 2. The second-order valence-electron chi connectivity index (χ2n) is 4.48. The minimum absolute atomic E-state index is 0.183. The van der Waals surface area contributed by atoms with E-state index in [0.29, 0.717) is 4.90 Å². The molecule has 1 rings (SSSR count). The van der Waals surface area contributed by atoms with E-state index in [2.05, 4.69) is 0 Å². The maximum absolute atomic E-state index is 12.3. The predicted octanol–water partition coefficient (Wildman–Crippen LogP) is 0.0956. The number of carboxylic acids is 1. The third kappa shape index (κ3) is 2.34. The molecule has 2 N–H and O–H groups in total. The number of carboxylic acid groups (broad SMARTS) is 1. The monoisotopic (exact) mass is 281 g/mol. The number of carbonyl (C=O) groups excluding carboxylic acids is 3. The van der Waals surface area contributed by atoms with Crippen molar-refractivity contribution in [2.75, 3.05) is 6.54 Å². The Morgan fingerprint density at radius 3 is 2.35 bits per heavy atom. The number of amides is 4. The molecule has 0 bridgehead atoms. The molecule has 1 aliphatic heterocycles. The summed E-state index contributed by atoms with van der Waals surface area (Å²) in [5, 5.41) is 19.6. The van der Waals surface area contributed by atoms with Gasteiger partial charge in [0.1, 0.15) is 5.41 Å². The lowest BCUT2D eigenvalue weighted by Gasteiger charge is -2.38. The predicted molar refractivity (Wildman–Crippen MR) is 65.0 cm³/mol. The molecule has 4 amide bonds. The number of nitriles is 1. The highest BCUT2D eigenvalue weighted by Crippen LogP contribution is 2.32. The van der Waals surface area contributed by atoms with Gasteiger partial charge in [-0.3, -0.25) is 24.6 Å². The molecule has 0 aromatic heterocycles. The number of aliphatic carboxylic acids is 1. The molecule has 0 aliphatic carbocycles.